The highest BCUT2D eigenvalue weighted by molar-refractivity contribution is 6.31. The van der Waals surface area contributed by atoms with E-state index >= 15 is 0 Å². The van der Waals surface area contributed by atoms with E-state index in [-0.39, 0.29) is 17.1 Å². The molecule has 1 aliphatic carbocycles. The fourth-order valence-corrected chi connectivity index (χ4v) is 2.21. The van der Waals surface area contributed by atoms with E-state index in [0.29, 0.717) is 0 Å². The van der Waals surface area contributed by atoms with Crippen LogP contribution in [0.3, 0.4) is 0 Å². The van der Waals surface area contributed by atoms with Crippen LogP contribution in [0, 0.1) is 11.3 Å². The Hall–Kier alpha value is -0.820. The van der Waals surface area contributed by atoms with Gasteiger partial charge in [-0.3, -0.25) is 4.79 Å². The highest BCUT2D eigenvalue weighted by Gasteiger charge is 2.51. The van der Waals surface area contributed by atoms with Crippen LogP contribution in [0.1, 0.15) is 31.2 Å². The minimum atomic E-state index is -0.474. The molecule has 0 spiro atoms. The minimum Gasteiger partial charge on any atom is -0.297 e. The lowest BCUT2D eigenvalue weighted by molar-refractivity contribution is -0.120. The molecule has 0 N–H and O–H groups in total. The number of ketones is 1. The van der Waals surface area contributed by atoms with Crippen LogP contribution >= 0.6 is 11.6 Å². The van der Waals surface area contributed by atoms with Crippen molar-refractivity contribution in [2.45, 2.75) is 25.6 Å². The highest BCUT2D eigenvalue weighted by atomic mass is 35.5. The van der Waals surface area contributed by atoms with Crippen molar-refractivity contribution in [2.75, 3.05) is 0 Å². The molecular weight excluding hydrogens is 208 g/mol. The molecule has 1 aromatic carbocycles. The zero-order valence-corrected chi connectivity index (χ0v) is 9.79. The second-order valence-electron chi connectivity index (χ2n) is 4.92. The second kappa shape index (κ2) is 3.64. The van der Waals surface area contributed by atoms with Gasteiger partial charge in [-0.15, -0.1) is 11.6 Å². The number of Topliss-reactive ketones (excluding diaryl/α,β-unsaturated/α-hetero) is 1. The molecule has 1 aliphatic rings. The first-order chi connectivity index (χ1) is 7.02. The maximum absolute atomic E-state index is 12.0. The third kappa shape index (κ3) is 2.07. The fraction of sp³-hybridized carbons (Fsp3) is 0.462. The van der Waals surface area contributed by atoms with Crippen LogP contribution in [0.4, 0.5) is 0 Å². The summed E-state index contributed by atoms with van der Waals surface area (Å²) in [6.45, 7) is 4.23. The van der Waals surface area contributed by atoms with Crippen LogP contribution in [-0.4, -0.2) is 5.78 Å². The zero-order chi connectivity index (χ0) is 11.1. The average Bonchev–Trinajstić information content (AvgIpc) is 2.87. The van der Waals surface area contributed by atoms with Gasteiger partial charge in [0.1, 0.15) is 5.38 Å². The van der Waals surface area contributed by atoms with Crippen LogP contribution in [0.25, 0.3) is 0 Å². The fourth-order valence-electron chi connectivity index (χ4n) is 1.92. The number of alkyl halides is 1. The largest absolute Gasteiger partial charge is 0.297 e. The van der Waals surface area contributed by atoms with Gasteiger partial charge in [-0.2, -0.15) is 0 Å². The molecule has 0 aliphatic heterocycles. The predicted molar refractivity (Wildman–Crippen MR) is 61.9 cm³/mol. The normalized spacial score (nSPS) is 24.6. The topological polar surface area (TPSA) is 17.1 Å². The van der Waals surface area contributed by atoms with Crippen LogP contribution in [0.15, 0.2) is 30.3 Å². The summed E-state index contributed by atoms with van der Waals surface area (Å²) in [7, 11) is 0. The van der Waals surface area contributed by atoms with Gasteiger partial charge in [-0.05, 0) is 17.4 Å². The van der Waals surface area contributed by atoms with Gasteiger partial charge in [-0.1, -0.05) is 44.2 Å². The Morgan fingerprint density at radius 1 is 1.40 bits per heavy atom. The SMILES string of the molecule is CC1(C)CC1C(=O)C(Cl)c1ccccc1. The average molecular weight is 223 g/mol. The van der Waals surface area contributed by atoms with Gasteiger partial charge >= 0.3 is 0 Å². The molecule has 2 heteroatoms. The first-order valence-corrected chi connectivity index (χ1v) is 5.69. The van der Waals surface area contributed by atoms with Crippen molar-refractivity contribution >= 4 is 17.4 Å². The minimum absolute atomic E-state index is 0.153. The lowest BCUT2D eigenvalue weighted by Crippen LogP contribution is -2.12. The number of hydrogen-bond donors (Lipinski definition) is 0. The van der Waals surface area contributed by atoms with Crippen LogP contribution in [0.2, 0.25) is 0 Å². The summed E-state index contributed by atoms with van der Waals surface area (Å²) in [4.78, 5) is 12.0. The number of rotatable bonds is 3. The van der Waals surface area contributed by atoms with Crippen molar-refractivity contribution in [3.05, 3.63) is 35.9 Å². The van der Waals surface area contributed by atoms with Crippen molar-refractivity contribution in [2.24, 2.45) is 11.3 Å². The molecule has 2 atom stereocenters. The molecule has 0 radical (unpaired) electrons. The van der Waals surface area contributed by atoms with E-state index in [2.05, 4.69) is 13.8 Å². The molecule has 0 amide bonds. The molecule has 80 valence electrons. The summed E-state index contributed by atoms with van der Waals surface area (Å²) in [5, 5.41) is -0.474. The van der Waals surface area contributed by atoms with E-state index in [1.807, 2.05) is 30.3 Å². The van der Waals surface area contributed by atoms with Crippen molar-refractivity contribution < 1.29 is 4.79 Å². The van der Waals surface area contributed by atoms with E-state index < -0.39 is 5.38 Å². The molecule has 0 aromatic heterocycles. The van der Waals surface area contributed by atoms with Gasteiger partial charge in [0.15, 0.2) is 5.78 Å². The maximum atomic E-state index is 12.0. The van der Waals surface area contributed by atoms with Gasteiger partial charge in [-0.25, -0.2) is 0 Å². The van der Waals surface area contributed by atoms with E-state index in [0.717, 1.165) is 12.0 Å². The zero-order valence-electron chi connectivity index (χ0n) is 9.03. The number of halogens is 1. The summed E-state index contributed by atoms with van der Waals surface area (Å²) in [5.41, 5.74) is 1.07. The Kier molecular flexibility index (Phi) is 2.59. The number of carbonyl (C=O) groups excluding carboxylic acids is 1. The first kappa shape index (κ1) is 10.7. The molecule has 1 fully saturated rings. The van der Waals surface area contributed by atoms with Crippen LogP contribution < -0.4 is 0 Å². The molecule has 0 heterocycles. The van der Waals surface area contributed by atoms with Gasteiger partial charge in [0.05, 0.1) is 0 Å². The number of benzene rings is 1. The molecular formula is C13H15ClO. The van der Waals surface area contributed by atoms with Crippen molar-refractivity contribution in [3.8, 4) is 0 Å². The maximum Gasteiger partial charge on any atom is 0.158 e. The molecule has 1 aromatic rings. The lowest BCUT2D eigenvalue weighted by atomic mass is 10.0. The van der Waals surface area contributed by atoms with Gasteiger partial charge in [0, 0.05) is 5.92 Å². The van der Waals surface area contributed by atoms with Crippen molar-refractivity contribution in [1.82, 2.24) is 0 Å². The molecule has 2 unspecified atom stereocenters. The van der Waals surface area contributed by atoms with Gasteiger partial charge in [0.25, 0.3) is 0 Å². The molecule has 2 rings (SSSR count). The second-order valence-corrected chi connectivity index (χ2v) is 5.36. The number of hydrogen-bond acceptors (Lipinski definition) is 1. The lowest BCUT2D eigenvalue weighted by Gasteiger charge is -2.09. The molecule has 1 nitrogen and oxygen atoms in total. The molecule has 15 heavy (non-hydrogen) atoms. The van der Waals surface area contributed by atoms with Gasteiger partial charge in [0.2, 0.25) is 0 Å². The van der Waals surface area contributed by atoms with E-state index in [1.54, 1.807) is 0 Å². The third-order valence-electron chi connectivity index (χ3n) is 3.20. The molecule has 0 bridgehead atoms. The monoisotopic (exact) mass is 222 g/mol. The van der Waals surface area contributed by atoms with Crippen molar-refractivity contribution in [3.63, 3.8) is 0 Å². The van der Waals surface area contributed by atoms with Crippen molar-refractivity contribution in [1.29, 1.82) is 0 Å². The predicted octanol–water partition coefficient (Wildman–Crippen LogP) is 3.58. The third-order valence-corrected chi connectivity index (χ3v) is 3.67. The molecule has 0 saturated heterocycles. The summed E-state index contributed by atoms with van der Waals surface area (Å²) in [5.74, 6) is 0.327. The molecule has 1 saturated carbocycles. The summed E-state index contributed by atoms with van der Waals surface area (Å²) in [6.07, 6.45) is 0.974. The Morgan fingerprint density at radius 3 is 2.40 bits per heavy atom. The Morgan fingerprint density at radius 2 is 1.93 bits per heavy atom. The smallest absolute Gasteiger partial charge is 0.158 e. The van der Waals surface area contributed by atoms with E-state index in [1.165, 1.54) is 0 Å². The Bertz CT molecular complexity index is 369. The van der Waals surface area contributed by atoms with Crippen LogP contribution in [-0.2, 0) is 4.79 Å². The number of carbonyl (C=O) groups is 1. The van der Waals surface area contributed by atoms with E-state index in [4.69, 9.17) is 11.6 Å². The van der Waals surface area contributed by atoms with Crippen LogP contribution in [0.5, 0.6) is 0 Å². The first-order valence-electron chi connectivity index (χ1n) is 5.25. The highest BCUT2D eigenvalue weighted by Crippen LogP contribution is 2.54. The summed E-state index contributed by atoms with van der Waals surface area (Å²) in [6, 6.07) is 9.57. The standard InChI is InChI=1S/C13H15ClO/c1-13(2)8-10(13)12(15)11(14)9-6-4-3-5-7-9/h3-7,10-11H,8H2,1-2H3. The quantitative estimate of drug-likeness (QED) is 0.715. The van der Waals surface area contributed by atoms with E-state index in [9.17, 15) is 4.79 Å². The van der Waals surface area contributed by atoms with Gasteiger partial charge < -0.3 is 0 Å². The summed E-state index contributed by atoms with van der Waals surface area (Å²) >= 11 is 6.17. The Labute approximate surface area is 95.4 Å². The summed E-state index contributed by atoms with van der Waals surface area (Å²) < 4.78 is 0. The Balaban J connectivity index is 2.10.